The van der Waals surface area contributed by atoms with E-state index in [-0.39, 0.29) is 24.6 Å². The van der Waals surface area contributed by atoms with Crippen LogP contribution in [0.3, 0.4) is 0 Å². The number of carbonyl (C=O) groups is 1. The third-order valence-electron chi connectivity index (χ3n) is 4.61. The van der Waals surface area contributed by atoms with Gasteiger partial charge in [-0.25, -0.2) is 8.42 Å². The van der Waals surface area contributed by atoms with Crippen LogP contribution in [-0.4, -0.2) is 38.3 Å². The Kier molecular flexibility index (Phi) is 5.83. The van der Waals surface area contributed by atoms with Gasteiger partial charge in [-0.1, -0.05) is 13.0 Å². The van der Waals surface area contributed by atoms with Crippen LogP contribution in [0.2, 0.25) is 0 Å². The molecule has 0 saturated heterocycles. The van der Waals surface area contributed by atoms with Crippen LogP contribution < -0.4 is 19.1 Å². The summed E-state index contributed by atoms with van der Waals surface area (Å²) in [5.74, 6) is 0.438. The molecule has 1 atom stereocenters. The van der Waals surface area contributed by atoms with Gasteiger partial charge in [-0.05, 0) is 31.0 Å². The fourth-order valence-corrected chi connectivity index (χ4v) is 4.45. The molecule has 0 radical (unpaired) electrons. The SMILES string of the molecule is CCC(C(=O)Nc1ccc2c(c1)OCO2)N(c1cc([N+](=O)[O-])ccc1C)S(C)(=O)=O. The Morgan fingerprint density at radius 2 is 1.93 bits per heavy atom. The number of hydrogen-bond acceptors (Lipinski definition) is 7. The summed E-state index contributed by atoms with van der Waals surface area (Å²) < 4.78 is 36.7. The molecule has 0 saturated carbocycles. The maximum Gasteiger partial charge on any atom is 0.271 e. The van der Waals surface area contributed by atoms with Gasteiger partial charge in [0.15, 0.2) is 11.5 Å². The number of anilines is 2. The zero-order chi connectivity index (χ0) is 22.1. The highest BCUT2D eigenvalue weighted by Crippen LogP contribution is 2.35. The van der Waals surface area contributed by atoms with Crippen molar-refractivity contribution in [2.24, 2.45) is 0 Å². The second-order valence-electron chi connectivity index (χ2n) is 6.77. The van der Waals surface area contributed by atoms with Gasteiger partial charge in [-0.15, -0.1) is 0 Å². The maximum atomic E-state index is 13.0. The average molecular weight is 435 g/mol. The molecule has 1 heterocycles. The number of hydrogen-bond donors (Lipinski definition) is 1. The van der Waals surface area contributed by atoms with Gasteiger partial charge in [0, 0.05) is 23.9 Å². The lowest BCUT2D eigenvalue weighted by atomic mass is 10.1. The summed E-state index contributed by atoms with van der Waals surface area (Å²) in [4.78, 5) is 23.6. The minimum absolute atomic E-state index is 0.0816. The Morgan fingerprint density at radius 1 is 1.23 bits per heavy atom. The lowest BCUT2D eigenvalue weighted by Gasteiger charge is -2.31. The van der Waals surface area contributed by atoms with Crippen molar-refractivity contribution >= 4 is 33.0 Å². The first-order valence-corrected chi connectivity index (χ1v) is 10.9. The summed E-state index contributed by atoms with van der Waals surface area (Å²) in [6, 6.07) is 7.61. The summed E-state index contributed by atoms with van der Waals surface area (Å²) in [6.07, 6.45) is 1.10. The van der Waals surface area contributed by atoms with E-state index in [2.05, 4.69) is 5.32 Å². The quantitative estimate of drug-likeness (QED) is 0.523. The molecule has 0 fully saturated rings. The molecule has 0 aliphatic carbocycles. The number of nitrogens with zero attached hydrogens (tertiary/aromatic N) is 2. The summed E-state index contributed by atoms with van der Waals surface area (Å²) in [6.45, 7) is 3.37. The number of benzene rings is 2. The van der Waals surface area contributed by atoms with E-state index in [4.69, 9.17) is 9.47 Å². The predicted molar refractivity (Wildman–Crippen MR) is 110 cm³/mol. The lowest BCUT2D eigenvalue weighted by Crippen LogP contribution is -2.47. The molecule has 0 bridgehead atoms. The number of nitro groups is 1. The number of fused-ring (bicyclic) bond motifs is 1. The number of non-ortho nitro benzene ring substituents is 1. The lowest BCUT2D eigenvalue weighted by molar-refractivity contribution is -0.384. The van der Waals surface area contributed by atoms with E-state index in [0.717, 1.165) is 16.6 Å². The molecule has 10 nitrogen and oxygen atoms in total. The first-order chi connectivity index (χ1) is 14.1. The van der Waals surface area contributed by atoms with E-state index >= 15 is 0 Å². The zero-order valence-corrected chi connectivity index (χ0v) is 17.4. The van der Waals surface area contributed by atoms with Crippen molar-refractivity contribution in [3.05, 3.63) is 52.1 Å². The number of nitrogens with one attached hydrogen (secondary N) is 1. The molecule has 160 valence electrons. The van der Waals surface area contributed by atoms with Gasteiger partial charge in [-0.3, -0.25) is 19.2 Å². The molecule has 2 aromatic carbocycles. The van der Waals surface area contributed by atoms with E-state index in [9.17, 15) is 23.3 Å². The molecular formula is C19H21N3O7S. The fraction of sp³-hybridized carbons (Fsp3) is 0.316. The molecule has 3 rings (SSSR count). The Morgan fingerprint density at radius 3 is 2.57 bits per heavy atom. The van der Waals surface area contributed by atoms with E-state index in [1.54, 1.807) is 32.0 Å². The van der Waals surface area contributed by atoms with E-state index in [1.165, 1.54) is 12.1 Å². The summed E-state index contributed by atoms with van der Waals surface area (Å²) in [5, 5.41) is 13.9. The molecule has 2 aromatic rings. The molecule has 30 heavy (non-hydrogen) atoms. The van der Waals surface area contributed by atoms with Crippen molar-refractivity contribution in [2.45, 2.75) is 26.3 Å². The first kappa shape index (κ1) is 21.4. The van der Waals surface area contributed by atoms with Crippen molar-refractivity contribution in [1.82, 2.24) is 0 Å². The third kappa shape index (κ3) is 4.30. The Labute approximate surface area is 173 Å². The van der Waals surface area contributed by atoms with E-state index in [1.807, 2.05) is 0 Å². The van der Waals surface area contributed by atoms with Gasteiger partial charge in [0.2, 0.25) is 22.7 Å². The van der Waals surface area contributed by atoms with Crippen LogP contribution in [-0.2, 0) is 14.8 Å². The largest absolute Gasteiger partial charge is 0.454 e. The van der Waals surface area contributed by atoms with Crippen molar-refractivity contribution in [3.8, 4) is 11.5 Å². The highest BCUT2D eigenvalue weighted by molar-refractivity contribution is 7.92. The number of rotatable bonds is 7. The van der Waals surface area contributed by atoms with Crippen LogP contribution >= 0.6 is 0 Å². The number of ether oxygens (including phenoxy) is 2. The van der Waals surface area contributed by atoms with Crippen LogP contribution in [0, 0.1) is 17.0 Å². The number of aryl methyl sites for hydroxylation is 1. The number of nitro benzene ring substituents is 1. The van der Waals surface area contributed by atoms with Crippen molar-refractivity contribution in [2.75, 3.05) is 22.7 Å². The van der Waals surface area contributed by atoms with Crippen molar-refractivity contribution in [1.29, 1.82) is 0 Å². The zero-order valence-electron chi connectivity index (χ0n) is 16.6. The monoisotopic (exact) mass is 435 g/mol. The van der Waals surface area contributed by atoms with Gasteiger partial charge < -0.3 is 14.8 Å². The second kappa shape index (κ2) is 8.19. The molecular weight excluding hydrogens is 414 g/mol. The molecule has 1 aliphatic heterocycles. The van der Waals surface area contributed by atoms with Gasteiger partial charge >= 0.3 is 0 Å². The normalized spacial score (nSPS) is 13.6. The first-order valence-electron chi connectivity index (χ1n) is 9.06. The number of carbonyl (C=O) groups excluding carboxylic acids is 1. The van der Waals surface area contributed by atoms with Crippen molar-refractivity contribution in [3.63, 3.8) is 0 Å². The van der Waals surface area contributed by atoms with Crippen LogP contribution in [0.5, 0.6) is 11.5 Å². The summed E-state index contributed by atoms with van der Waals surface area (Å²) >= 11 is 0. The molecule has 0 aromatic heterocycles. The van der Waals surface area contributed by atoms with Gasteiger partial charge in [0.25, 0.3) is 5.69 Å². The van der Waals surface area contributed by atoms with E-state index in [0.29, 0.717) is 22.7 Å². The minimum atomic E-state index is -3.94. The topological polar surface area (TPSA) is 128 Å². The highest BCUT2D eigenvalue weighted by Gasteiger charge is 2.33. The Balaban J connectivity index is 1.97. The van der Waals surface area contributed by atoms with Crippen LogP contribution in [0.1, 0.15) is 18.9 Å². The Hall–Kier alpha value is -3.34. The van der Waals surface area contributed by atoms with Crippen LogP contribution in [0.25, 0.3) is 0 Å². The third-order valence-corrected chi connectivity index (χ3v) is 5.78. The molecule has 1 amide bonds. The van der Waals surface area contributed by atoms with E-state index < -0.39 is 26.9 Å². The smallest absolute Gasteiger partial charge is 0.271 e. The number of sulfonamides is 1. The van der Waals surface area contributed by atoms with Crippen molar-refractivity contribution < 1.29 is 27.6 Å². The van der Waals surface area contributed by atoms with Gasteiger partial charge in [0.1, 0.15) is 6.04 Å². The maximum absolute atomic E-state index is 13.0. The predicted octanol–water partition coefficient (Wildman–Crippen LogP) is 2.82. The molecule has 1 unspecified atom stereocenters. The second-order valence-corrected chi connectivity index (χ2v) is 8.63. The van der Waals surface area contributed by atoms with Gasteiger partial charge in [-0.2, -0.15) is 0 Å². The summed E-state index contributed by atoms with van der Waals surface area (Å²) in [5.41, 5.74) is 0.710. The molecule has 1 N–H and O–H groups in total. The van der Waals surface area contributed by atoms with Gasteiger partial charge in [0.05, 0.1) is 16.9 Å². The fourth-order valence-electron chi connectivity index (χ4n) is 3.18. The highest BCUT2D eigenvalue weighted by atomic mass is 32.2. The standard InChI is InChI=1S/C19H21N3O7S/c1-4-15(19(23)20-13-6-8-17-18(9-13)29-11-28-17)21(30(3,26)27)16-10-14(22(24)25)7-5-12(16)2/h5-10,15H,4,11H2,1-3H3,(H,20,23). The summed E-state index contributed by atoms with van der Waals surface area (Å²) in [7, 11) is -3.94. The molecule has 1 aliphatic rings. The van der Waals surface area contributed by atoms with Crippen LogP contribution in [0.4, 0.5) is 17.1 Å². The number of amides is 1. The minimum Gasteiger partial charge on any atom is -0.454 e. The molecule has 0 spiro atoms. The molecule has 11 heteroatoms. The average Bonchev–Trinajstić information content (AvgIpc) is 3.13. The Bertz CT molecular complexity index is 1100. The van der Waals surface area contributed by atoms with Crippen LogP contribution in [0.15, 0.2) is 36.4 Å².